The van der Waals surface area contributed by atoms with Crippen molar-refractivity contribution in [2.75, 3.05) is 35.7 Å². The number of rotatable bonds is 7. The van der Waals surface area contributed by atoms with Gasteiger partial charge in [-0.25, -0.2) is 4.98 Å². The lowest BCUT2D eigenvalue weighted by Crippen LogP contribution is -2.43. The molecule has 9 nitrogen and oxygen atoms in total. The molecule has 9 heteroatoms. The number of hydrogen-bond acceptors (Lipinski definition) is 7. The fourth-order valence-corrected chi connectivity index (χ4v) is 4.52. The average molecular weight is 467 g/mol. The summed E-state index contributed by atoms with van der Waals surface area (Å²) in [6.07, 6.45) is 7.07. The molecule has 0 bridgehead atoms. The van der Waals surface area contributed by atoms with Crippen molar-refractivity contribution in [3.8, 4) is 5.75 Å². The van der Waals surface area contributed by atoms with Gasteiger partial charge in [-0.3, -0.25) is 9.59 Å². The molecule has 2 amide bonds. The predicted molar refractivity (Wildman–Crippen MR) is 133 cm³/mol. The molecule has 1 fully saturated rings. The van der Waals surface area contributed by atoms with Gasteiger partial charge in [0.25, 0.3) is 5.91 Å². The maximum atomic E-state index is 12.8. The first kappa shape index (κ1) is 23.8. The number of carbonyl (C=O) groups is 2. The van der Waals surface area contributed by atoms with Gasteiger partial charge in [-0.15, -0.1) is 0 Å². The normalized spacial score (nSPS) is 17.5. The highest BCUT2D eigenvalue weighted by molar-refractivity contribution is 5.99. The third-order valence-corrected chi connectivity index (χ3v) is 6.48. The van der Waals surface area contributed by atoms with Crippen LogP contribution in [0.4, 0.5) is 23.1 Å². The predicted octanol–water partition coefficient (Wildman–Crippen LogP) is 4.10. The van der Waals surface area contributed by atoms with Gasteiger partial charge >= 0.3 is 0 Å². The van der Waals surface area contributed by atoms with Gasteiger partial charge in [-0.1, -0.05) is 19.8 Å². The molecule has 1 aromatic heterocycles. The average Bonchev–Trinajstić information content (AvgIpc) is 3.34. The number of nitrogens with one attached hydrogen (secondary N) is 3. The molecule has 1 saturated carbocycles. The molecule has 4 rings (SSSR count). The van der Waals surface area contributed by atoms with Gasteiger partial charge in [0.2, 0.25) is 11.9 Å². The van der Waals surface area contributed by atoms with E-state index in [0.717, 1.165) is 25.1 Å². The van der Waals surface area contributed by atoms with E-state index in [1.165, 1.54) is 12.8 Å². The van der Waals surface area contributed by atoms with Crippen LogP contribution in [0.25, 0.3) is 0 Å². The number of fused-ring (bicyclic) bond motifs is 1. The molecule has 0 spiro atoms. The van der Waals surface area contributed by atoms with Gasteiger partial charge < -0.3 is 25.6 Å². The quantitative estimate of drug-likeness (QED) is 0.564. The number of aromatic nitrogens is 2. The van der Waals surface area contributed by atoms with E-state index in [2.05, 4.69) is 25.8 Å². The molecule has 0 atom stereocenters. The van der Waals surface area contributed by atoms with Crippen molar-refractivity contribution in [3.05, 3.63) is 30.0 Å². The molecule has 1 aromatic carbocycles. The number of benzene rings is 1. The summed E-state index contributed by atoms with van der Waals surface area (Å²) in [5.74, 6) is 1.48. The van der Waals surface area contributed by atoms with Gasteiger partial charge in [0, 0.05) is 24.7 Å². The van der Waals surface area contributed by atoms with Gasteiger partial charge in [0.15, 0.2) is 5.82 Å². The summed E-state index contributed by atoms with van der Waals surface area (Å²) < 4.78 is 5.52. The van der Waals surface area contributed by atoms with Crippen molar-refractivity contribution in [2.24, 2.45) is 5.41 Å². The van der Waals surface area contributed by atoms with Crippen LogP contribution < -0.4 is 25.6 Å². The maximum Gasteiger partial charge on any atom is 0.251 e. The first-order valence-electron chi connectivity index (χ1n) is 12.0. The van der Waals surface area contributed by atoms with Crippen LogP contribution in [0, 0.1) is 5.41 Å². The number of methoxy groups -OCH3 is 1. The lowest BCUT2D eigenvalue weighted by Gasteiger charge is -2.34. The highest BCUT2D eigenvalue weighted by Crippen LogP contribution is 2.38. The molecule has 182 valence electrons. The fourth-order valence-electron chi connectivity index (χ4n) is 4.52. The number of anilines is 4. The van der Waals surface area contributed by atoms with Crippen molar-refractivity contribution >= 4 is 35.0 Å². The summed E-state index contributed by atoms with van der Waals surface area (Å²) >= 11 is 0. The Kier molecular flexibility index (Phi) is 6.90. The molecule has 2 heterocycles. The van der Waals surface area contributed by atoms with E-state index < -0.39 is 5.41 Å². The Balaban J connectivity index is 1.63. The third-order valence-electron chi connectivity index (χ3n) is 6.48. The second-order valence-electron chi connectivity index (χ2n) is 9.63. The Morgan fingerprint density at radius 2 is 2.06 bits per heavy atom. The molecule has 3 N–H and O–H groups in total. The molecular weight excluding hydrogens is 432 g/mol. The summed E-state index contributed by atoms with van der Waals surface area (Å²) in [4.78, 5) is 36.7. The van der Waals surface area contributed by atoms with Crippen LogP contribution in [-0.4, -0.2) is 48.0 Å². The molecule has 2 aliphatic rings. The smallest absolute Gasteiger partial charge is 0.251 e. The first-order valence-corrected chi connectivity index (χ1v) is 12.0. The summed E-state index contributed by atoms with van der Waals surface area (Å²) in [6, 6.07) is 5.58. The van der Waals surface area contributed by atoms with Crippen molar-refractivity contribution in [3.63, 3.8) is 0 Å². The lowest BCUT2D eigenvalue weighted by atomic mass is 9.91. The van der Waals surface area contributed by atoms with Crippen LogP contribution in [0.3, 0.4) is 0 Å². The summed E-state index contributed by atoms with van der Waals surface area (Å²) in [6.45, 7) is 7.15. The Hall–Kier alpha value is -3.36. The topological polar surface area (TPSA) is 108 Å². The standard InChI is InChI=1S/C25H34N6O3/c1-5-12-26-22(32)16-10-11-18(20(13-16)34-4)29-24-27-14-19-21(30-24)31(17-8-6-7-9-17)15-25(2,3)23(33)28-19/h10-11,13-14,17H,5-9,12,15H2,1-4H3,(H,26,32)(H,28,33)(H,27,29,30). The molecule has 34 heavy (non-hydrogen) atoms. The van der Waals surface area contributed by atoms with Crippen LogP contribution in [0.5, 0.6) is 5.75 Å². The van der Waals surface area contributed by atoms with Crippen LogP contribution in [0.2, 0.25) is 0 Å². The fraction of sp³-hybridized carbons (Fsp3) is 0.520. The molecule has 2 aromatic rings. The molecule has 0 unspecified atom stereocenters. The Morgan fingerprint density at radius 1 is 1.29 bits per heavy atom. The lowest BCUT2D eigenvalue weighted by molar-refractivity contribution is -0.123. The Bertz CT molecular complexity index is 1060. The van der Waals surface area contributed by atoms with Crippen LogP contribution in [0.15, 0.2) is 24.4 Å². The minimum atomic E-state index is -0.547. The van der Waals surface area contributed by atoms with E-state index >= 15 is 0 Å². The zero-order valence-electron chi connectivity index (χ0n) is 20.4. The van der Waals surface area contributed by atoms with Crippen LogP contribution >= 0.6 is 0 Å². The highest BCUT2D eigenvalue weighted by Gasteiger charge is 2.39. The molecule has 1 aliphatic carbocycles. The summed E-state index contributed by atoms with van der Waals surface area (Å²) in [7, 11) is 1.56. The molecule has 0 saturated heterocycles. The third kappa shape index (κ3) is 4.93. The maximum absolute atomic E-state index is 12.8. The number of hydrogen-bond donors (Lipinski definition) is 3. The Morgan fingerprint density at radius 3 is 2.76 bits per heavy atom. The molecule has 1 aliphatic heterocycles. The van der Waals surface area contributed by atoms with E-state index in [0.29, 0.717) is 47.8 Å². The van der Waals surface area contributed by atoms with Gasteiger partial charge in [-0.05, 0) is 51.3 Å². The van der Waals surface area contributed by atoms with Crippen LogP contribution in [0.1, 0.15) is 63.2 Å². The van der Waals surface area contributed by atoms with Crippen molar-refractivity contribution < 1.29 is 14.3 Å². The van der Waals surface area contributed by atoms with Crippen molar-refractivity contribution in [1.82, 2.24) is 15.3 Å². The van der Waals surface area contributed by atoms with Gasteiger partial charge in [0.1, 0.15) is 11.4 Å². The van der Waals surface area contributed by atoms with E-state index in [1.807, 2.05) is 20.8 Å². The number of carbonyl (C=O) groups excluding carboxylic acids is 2. The van der Waals surface area contributed by atoms with E-state index in [1.54, 1.807) is 31.5 Å². The van der Waals surface area contributed by atoms with Gasteiger partial charge in [0.05, 0.1) is 24.4 Å². The summed E-state index contributed by atoms with van der Waals surface area (Å²) in [5, 5.41) is 9.11. The first-order chi connectivity index (χ1) is 16.3. The minimum absolute atomic E-state index is 0.0304. The number of ether oxygens (including phenoxy) is 1. The van der Waals surface area contributed by atoms with E-state index in [-0.39, 0.29) is 11.8 Å². The summed E-state index contributed by atoms with van der Waals surface area (Å²) in [5.41, 5.74) is 1.26. The molecule has 0 radical (unpaired) electrons. The zero-order valence-corrected chi connectivity index (χ0v) is 20.4. The number of nitrogens with zero attached hydrogens (tertiary/aromatic N) is 3. The SMILES string of the molecule is CCCNC(=O)c1ccc(Nc2ncc3c(n2)N(C2CCCC2)CC(C)(C)C(=O)N3)c(OC)c1. The number of amides is 2. The largest absolute Gasteiger partial charge is 0.495 e. The second-order valence-corrected chi connectivity index (χ2v) is 9.63. The monoisotopic (exact) mass is 466 g/mol. The minimum Gasteiger partial charge on any atom is -0.495 e. The van der Waals surface area contributed by atoms with E-state index in [4.69, 9.17) is 9.72 Å². The van der Waals surface area contributed by atoms with Crippen LogP contribution in [-0.2, 0) is 4.79 Å². The van der Waals surface area contributed by atoms with Gasteiger partial charge in [-0.2, -0.15) is 4.98 Å². The van der Waals surface area contributed by atoms with E-state index in [9.17, 15) is 9.59 Å². The van der Waals surface area contributed by atoms with Crippen molar-refractivity contribution in [1.29, 1.82) is 0 Å². The van der Waals surface area contributed by atoms with Crippen molar-refractivity contribution in [2.45, 2.75) is 58.9 Å². The second kappa shape index (κ2) is 9.87. The molecular formula is C25H34N6O3. The Labute approximate surface area is 200 Å². The highest BCUT2D eigenvalue weighted by atomic mass is 16.5. The zero-order chi connectivity index (χ0) is 24.3.